The summed E-state index contributed by atoms with van der Waals surface area (Å²) in [5, 5.41) is 5.75. The Morgan fingerprint density at radius 1 is 1.26 bits per heavy atom. The van der Waals surface area contributed by atoms with E-state index in [1.165, 1.54) is 6.42 Å². The number of carbonyl (C=O) groups is 1. The molecule has 0 aromatic carbocycles. The van der Waals surface area contributed by atoms with Crippen LogP contribution < -0.4 is 10.6 Å². The van der Waals surface area contributed by atoms with Crippen LogP contribution in [0.3, 0.4) is 0 Å². The van der Waals surface area contributed by atoms with E-state index in [1.54, 1.807) is 0 Å². The zero-order chi connectivity index (χ0) is 14.1. The van der Waals surface area contributed by atoms with E-state index in [0.29, 0.717) is 25.7 Å². The van der Waals surface area contributed by atoms with Gasteiger partial charge in [0.1, 0.15) is 0 Å². The SMILES string of the molecule is CCCCCNC(=O)NC[C@H](C)CC1(C)OCCO1. The summed E-state index contributed by atoms with van der Waals surface area (Å²) in [6, 6.07) is -0.0821. The molecule has 0 aliphatic carbocycles. The fraction of sp³-hybridized carbons (Fsp3) is 0.929. The molecule has 1 rings (SSSR count). The third-order valence-corrected chi connectivity index (χ3v) is 3.29. The first-order chi connectivity index (χ1) is 9.06. The topological polar surface area (TPSA) is 59.6 Å². The number of amides is 2. The fourth-order valence-corrected chi connectivity index (χ4v) is 2.29. The molecule has 0 bridgehead atoms. The molecule has 2 N–H and O–H groups in total. The van der Waals surface area contributed by atoms with E-state index >= 15 is 0 Å². The van der Waals surface area contributed by atoms with Gasteiger partial charge in [0.25, 0.3) is 0 Å². The van der Waals surface area contributed by atoms with Crippen LogP contribution in [0.15, 0.2) is 0 Å². The van der Waals surface area contributed by atoms with Crippen LogP contribution in [0.5, 0.6) is 0 Å². The quantitative estimate of drug-likeness (QED) is 0.666. The minimum atomic E-state index is -0.474. The average molecular weight is 272 g/mol. The summed E-state index contributed by atoms with van der Waals surface area (Å²) in [6.45, 7) is 8.91. The number of nitrogens with one attached hydrogen (secondary N) is 2. The van der Waals surface area contributed by atoms with Crippen LogP contribution in [0.1, 0.15) is 46.5 Å². The van der Waals surface area contributed by atoms with Gasteiger partial charge in [-0.25, -0.2) is 4.79 Å². The van der Waals surface area contributed by atoms with Crippen molar-refractivity contribution < 1.29 is 14.3 Å². The van der Waals surface area contributed by atoms with E-state index in [1.807, 2.05) is 6.92 Å². The highest BCUT2D eigenvalue weighted by atomic mass is 16.7. The fourth-order valence-electron chi connectivity index (χ4n) is 2.29. The number of rotatable bonds is 8. The van der Waals surface area contributed by atoms with Gasteiger partial charge in [-0.15, -0.1) is 0 Å². The number of hydrogen-bond donors (Lipinski definition) is 2. The Labute approximate surface area is 116 Å². The number of hydrogen-bond acceptors (Lipinski definition) is 3. The van der Waals surface area contributed by atoms with Crippen LogP contribution in [0, 0.1) is 5.92 Å². The highest BCUT2D eigenvalue weighted by Gasteiger charge is 2.32. The van der Waals surface area contributed by atoms with Gasteiger partial charge in [-0.3, -0.25) is 0 Å². The summed E-state index contributed by atoms with van der Waals surface area (Å²) in [5.74, 6) is -0.150. The predicted octanol–water partition coefficient (Wildman–Crippen LogP) is 2.27. The van der Waals surface area contributed by atoms with Crippen LogP contribution in [0.4, 0.5) is 4.79 Å². The van der Waals surface area contributed by atoms with E-state index in [-0.39, 0.29) is 6.03 Å². The lowest BCUT2D eigenvalue weighted by Crippen LogP contribution is -2.40. The number of unbranched alkanes of at least 4 members (excludes halogenated alkanes) is 2. The molecule has 0 aromatic rings. The van der Waals surface area contributed by atoms with Crippen molar-refractivity contribution in [3.8, 4) is 0 Å². The maximum atomic E-state index is 11.5. The third kappa shape index (κ3) is 6.78. The number of carbonyl (C=O) groups excluding carboxylic acids is 1. The van der Waals surface area contributed by atoms with E-state index in [0.717, 1.165) is 25.8 Å². The predicted molar refractivity (Wildman–Crippen MR) is 75.0 cm³/mol. The normalized spacial score (nSPS) is 19.1. The molecule has 19 heavy (non-hydrogen) atoms. The first kappa shape index (κ1) is 16.2. The molecular formula is C14H28N2O3. The van der Waals surface area contributed by atoms with E-state index < -0.39 is 5.79 Å². The number of ether oxygens (including phenoxy) is 2. The van der Waals surface area contributed by atoms with Crippen molar-refractivity contribution >= 4 is 6.03 Å². The monoisotopic (exact) mass is 272 g/mol. The van der Waals surface area contributed by atoms with Crippen LogP contribution in [-0.2, 0) is 9.47 Å². The molecule has 1 aliphatic heterocycles. The lowest BCUT2D eigenvalue weighted by Gasteiger charge is -2.26. The lowest BCUT2D eigenvalue weighted by molar-refractivity contribution is -0.153. The van der Waals surface area contributed by atoms with E-state index in [4.69, 9.17) is 9.47 Å². The van der Waals surface area contributed by atoms with Gasteiger partial charge in [0.2, 0.25) is 0 Å². The van der Waals surface area contributed by atoms with Gasteiger partial charge in [0.15, 0.2) is 5.79 Å². The van der Waals surface area contributed by atoms with Gasteiger partial charge in [0.05, 0.1) is 13.2 Å². The highest BCUT2D eigenvalue weighted by Crippen LogP contribution is 2.26. The van der Waals surface area contributed by atoms with Crippen LogP contribution in [0.25, 0.3) is 0 Å². The Morgan fingerprint density at radius 2 is 1.95 bits per heavy atom. The second-order valence-electron chi connectivity index (χ2n) is 5.48. The van der Waals surface area contributed by atoms with Crippen LogP contribution >= 0.6 is 0 Å². The van der Waals surface area contributed by atoms with Gasteiger partial charge in [-0.05, 0) is 19.3 Å². The van der Waals surface area contributed by atoms with Crippen molar-refractivity contribution in [2.24, 2.45) is 5.92 Å². The Morgan fingerprint density at radius 3 is 2.58 bits per heavy atom. The maximum absolute atomic E-state index is 11.5. The Kier molecular flexibility index (Phi) is 7.16. The van der Waals surface area contributed by atoms with Gasteiger partial charge in [-0.2, -0.15) is 0 Å². The molecule has 0 unspecified atom stereocenters. The largest absolute Gasteiger partial charge is 0.348 e. The molecule has 1 aliphatic rings. The first-order valence-electron chi connectivity index (χ1n) is 7.35. The summed E-state index contributed by atoms with van der Waals surface area (Å²) in [4.78, 5) is 11.5. The molecular weight excluding hydrogens is 244 g/mol. The smallest absolute Gasteiger partial charge is 0.314 e. The van der Waals surface area contributed by atoms with Crippen molar-refractivity contribution in [1.82, 2.24) is 10.6 Å². The summed E-state index contributed by atoms with van der Waals surface area (Å²) in [7, 11) is 0. The second-order valence-corrected chi connectivity index (χ2v) is 5.48. The van der Waals surface area contributed by atoms with Crippen molar-refractivity contribution in [2.75, 3.05) is 26.3 Å². The Balaban J connectivity index is 2.08. The average Bonchev–Trinajstić information content (AvgIpc) is 2.78. The summed E-state index contributed by atoms with van der Waals surface area (Å²) in [6.07, 6.45) is 4.16. The van der Waals surface area contributed by atoms with Crippen molar-refractivity contribution in [3.05, 3.63) is 0 Å². The minimum Gasteiger partial charge on any atom is -0.348 e. The molecule has 112 valence electrons. The maximum Gasteiger partial charge on any atom is 0.314 e. The molecule has 1 fully saturated rings. The third-order valence-electron chi connectivity index (χ3n) is 3.29. The summed E-state index contributed by atoms with van der Waals surface area (Å²) in [5.41, 5.74) is 0. The molecule has 1 heterocycles. The zero-order valence-corrected chi connectivity index (χ0v) is 12.5. The molecule has 0 radical (unpaired) electrons. The minimum absolute atomic E-state index is 0.0821. The Hall–Kier alpha value is -0.810. The van der Waals surface area contributed by atoms with Crippen molar-refractivity contribution in [2.45, 2.75) is 52.2 Å². The number of urea groups is 1. The molecule has 0 aromatic heterocycles. The van der Waals surface area contributed by atoms with E-state index in [2.05, 4.69) is 24.5 Å². The standard InChI is InChI=1S/C14H28N2O3/c1-4-5-6-7-15-13(17)16-11-12(2)10-14(3)18-8-9-19-14/h12H,4-11H2,1-3H3,(H2,15,16,17)/t12-/m1/s1. The van der Waals surface area contributed by atoms with Crippen molar-refractivity contribution in [1.29, 1.82) is 0 Å². The summed E-state index contributed by atoms with van der Waals surface area (Å²) >= 11 is 0. The molecule has 2 amide bonds. The van der Waals surface area contributed by atoms with Gasteiger partial charge < -0.3 is 20.1 Å². The van der Waals surface area contributed by atoms with Crippen LogP contribution in [0.2, 0.25) is 0 Å². The molecule has 1 saturated heterocycles. The molecule has 5 heteroatoms. The zero-order valence-electron chi connectivity index (χ0n) is 12.5. The Bertz CT molecular complexity index is 265. The van der Waals surface area contributed by atoms with Crippen LogP contribution in [-0.4, -0.2) is 38.1 Å². The van der Waals surface area contributed by atoms with E-state index in [9.17, 15) is 4.79 Å². The van der Waals surface area contributed by atoms with Gasteiger partial charge in [0, 0.05) is 19.5 Å². The van der Waals surface area contributed by atoms with Crippen molar-refractivity contribution in [3.63, 3.8) is 0 Å². The molecule has 0 spiro atoms. The molecule has 5 nitrogen and oxygen atoms in total. The highest BCUT2D eigenvalue weighted by molar-refractivity contribution is 5.73. The van der Waals surface area contributed by atoms with Gasteiger partial charge in [-0.1, -0.05) is 26.7 Å². The first-order valence-corrected chi connectivity index (χ1v) is 7.35. The van der Waals surface area contributed by atoms with Gasteiger partial charge >= 0.3 is 6.03 Å². The molecule has 1 atom stereocenters. The second kappa shape index (κ2) is 8.38. The summed E-state index contributed by atoms with van der Waals surface area (Å²) < 4.78 is 11.1. The molecule has 0 saturated carbocycles. The lowest BCUT2D eigenvalue weighted by atomic mass is 10.0.